The van der Waals surface area contributed by atoms with Crippen molar-refractivity contribution in [1.82, 2.24) is 4.98 Å². The summed E-state index contributed by atoms with van der Waals surface area (Å²) in [5.74, 6) is 0. The van der Waals surface area contributed by atoms with Crippen molar-refractivity contribution in [3.05, 3.63) is 54.4 Å². The van der Waals surface area contributed by atoms with Crippen LogP contribution in [0.5, 0.6) is 0 Å². The molecule has 0 aliphatic heterocycles. The van der Waals surface area contributed by atoms with Crippen LogP contribution in [-0.2, 0) is 6.18 Å². The van der Waals surface area contributed by atoms with Gasteiger partial charge in [0.25, 0.3) is 0 Å². The third kappa shape index (κ3) is 2.61. The minimum absolute atomic E-state index is 0.647. The SMILES string of the molecule is CN(c1ccc(C(F)(F)F)cc1)c1cccnc1. The van der Waals surface area contributed by atoms with Gasteiger partial charge in [-0.1, -0.05) is 0 Å². The topological polar surface area (TPSA) is 16.1 Å². The lowest BCUT2D eigenvalue weighted by Gasteiger charge is -2.19. The van der Waals surface area contributed by atoms with Gasteiger partial charge in [-0.05, 0) is 36.4 Å². The van der Waals surface area contributed by atoms with E-state index in [1.54, 1.807) is 30.4 Å². The fourth-order valence-corrected chi connectivity index (χ4v) is 1.58. The zero-order chi connectivity index (χ0) is 13.2. The molecule has 0 saturated carbocycles. The predicted molar refractivity (Wildman–Crippen MR) is 63.7 cm³/mol. The standard InChI is InChI=1S/C13H11F3N2/c1-18(12-3-2-8-17-9-12)11-6-4-10(5-7-11)13(14,15)16/h2-9H,1H3. The van der Waals surface area contributed by atoms with Crippen molar-refractivity contribution in [2.24, 2.45) is 0 Å². The molecule has 0 unspecified atom stereocenters. The van der Waals surface area contributed by atoms with E-state index in [-0.39, 0.29) is 0 Å². The molecule has 0 radical (unpaired) electrons. The molecular formula is C13H11F3N2. The fourth-order valence-electron chi connectivity index (χ4n) is 1.58. The van der Waals surface area contributed by atoms with E-state index in [2.05, 4.69) is 4.98 Å². The Labute approximate surface area is 103 Å². The molecule has 1 aromatic heterocycles. The Balaban J connectivity index is 2.25. The summed E-state index contributed by atoms with van der Waals surface area (Å²) in [4.78, 5) is 5.74. The van der Waals surface area contributed by atoms with Gasteiger partial charge >= 0.3 is 6.18 Å². The molecular weight excluding hydrogens is 241 g/mol. The van der Waals surface area contributed by atoms with E-state index in [1.165, 1.54) is 12.1 Å². The van der Waals surface area contributed by atoms with Gasteiger partial charge in [-0.2, -0.15) is 13.2 Å². The maximum atomic E-state index is 12.4. The van der Waals surface area contributed by atoms with E-state index in [0.29, 0.717) is 5.69 Å². The first-order valence-electron chi connectivity index (χ1n) is 5.29. The first-order valence-corrected chi connectivity index (χ1v) is 5.29. The Morgan fingerprint density at radius 1 is 1.00 bits per heavy atom. The number of anilines is 2. The van der Waals surface area contributed by atoms with Gasteiger partial charge in [0.2, 0.25) is 0 Å². The van der Waals surface area contributed by atoms with Gasteiger partial charge in [-0.15, -0.1) is 0 Å². The minimum Gasteiger partial charge on any atom is -0.343 e. The first kappa shape index (κ1) is 12.4. The van der Waals surface area contributed by atoms with E-state index in [0.717, 1.165) is 17.8 Å². The number of aromatic nitrogens is 1. The molecule has 0 aliphatic rings. The molecule has 94 valence electrons. The highest BCUT2D eigenvalue weighted by Crippen LogP contribution is 2.31. The molecule has 2 nitrogen and oxygen atoms in total. The molecule has 0 atom stereocenters. The molecule has 2 rings (SSSR count). The molecule has 1 heterocycles. The number of rotatable bonds is 2. The summed E-state index contributed by atoms with van der Waals surface area (Å²) >= 11 is 0. The third-order valence-electron chi connectivity index (χ3n) is 2.62. The van der Waals surface area contributed by atoms with Crippen LogP contribution in [0.2, 0.25) is 0 Å². The molecule has 0 aliphatic carbocycles. The minimum atomic E-state index is -4.30. The summed E-state index contributed by atoms with van der Waals surface area (Å²) in [7, 11) is 1.78. The Hall–Kier alpha value is -2.04. The molecule has 2 aromatic rings. The van der Waals surface area contributed by atoms with E-state index in [4.69, 9.17) is 0 Å². The van der Waals surface area contributed by atoms with Crippen LogP contribution < -0.4 is 4.90 Å². The molecule has 0 fully saturated rings. The van der Waals surface area contributed by atoms with Crippen molar-refractivity contribution in [3.63, 3.8) is 0 Å². The average molecular weight is 252 g/mol. The highest BCUT2D eigenvalue weighted by atomic mass is 19.4. The number of halogens is 3. The summed E-state index contributed by atoms with van der Waals surface area (Å²) in [6, 6.07) is 8.64. The number of hydrogen-bond donors (Lipinski definition) is 0. The first-order chi connectivity index (χ1) is 8.48. The Kier molecular flexibility index (Phi) is 3.23. The van der Waals surface area contributed by atoms with Crippen LogP contribution in [0, 0.1) is 0 Å². The maximum absolute atomic E-state index is 12.4. The second-order valence-corrected chi connectivity index (χ2v) is 3.81. The zero-order valence-electron chi connectivity index (χ0n) is 9.65. The van der Waals surface area contributed by atoms with Gasteiger partial charge in [-0.3, -0.25) is 4.98 Å². The van der Waals surface area contributed by atoms with Gasteiger partial charge in [0.05, 0.1) is 17.4 Å². The van der Waals surface area contributed by atoms with Crippen molar-refractivity contribution in [3.8, 4) is 0 Å². The van der Waals surface area contributed by atoms with E-state index in [9.17, 15) is 13.2 Å². The maximum Gasteiger partial charge on any atom is 0.416 e. The predicted octanol–water partition coefficient (Wildman–Crippen LogP) is 3.87. The molecule has 5 heteroatoms. The monoisotopic (exact) mass is 252 g/mol. The summed E-state index contributed by atoms with van der Waals surface area (Å²) in [6.07, 6.45) is -1.01. The summed E-state index contributed by atoms with van der Waals surface area (Å²) in [6.45, 7) is 0. The molecule has 0 bridgehead atoms. The van der Waals surface area contributed by atoms with Gasteiger partial charge in [0.15, 0.2) is 0 Å². The van der Waals surface area contributed by atoms with Crippen LogP contribution in [0.25, 0.3) is 0 Å². The van der Waals surface area contributed by atoms with Crippen molar-refractivity contribution in [1.29, 1.82) is 0 Å². The summed E-state index contributed by atoms with van der Waals surface area (Å²) in [5, 5.41) is 0. The molecule has 0 amide bonds. The summed E-state index contributed by atoms with van der Waals surface area (Å²) < 4.78 is 37.3. The lowest BCUT2D eigenvalue weighted by molar-refractivity contribution is -0.137. The van der Waals surface area contributed by atoms with Crippen LogP contribution in [0.1, 0.15) is 5.56 Å². The zero-order valence-corrected chi connectivity index (χ0v) is 9.65. The highest BCUT2D eigenvalue weighted by molar-refractivity contribution is 5.61. The largest absolute Gasteiger partial charge is 0.416 e. The molecule has 0 saturated heterocycles. The Bertz CT molecular complexity index is 506. The van der Waals surface area contributed by atoms with Crippen molar-refractivity contribution < 1.29 is 13.2 Å². The van der Waals surface area contributed by atoms with Crippen LogP contribution in [0.3, 0.4) is 0 Å². The number of hydrogen-bond acceptors (Lipinski definition) is 2. The molecule has 0 N–H and O–H groups in total. The van der Waals surface area contributed by atoms with E-state index < -0.39 is 11.7 Å². The van der Waals surface area contributed by atoms with Gasteiger partial charge < -0.3 is 4.90 Å². The second kappa shape index (κ2) is 4.68. The molecule has 1 aromatic carbocycles. The second-order valence-electron chi connectivity index (χ2n) is 3.81. The van der Waals surface area contributed by atoms with Crippen LogP contribution in [-0.4, -0.2) is 12.0 Å². The number of alkyl halides is 3. The fraction of sp³-hybridized carbons (Fsp3) is 0.154. The molecule has 18 heavy (non-hydrogen) atoms. The smallest absolute Gasteiger partial charge is 0.343 e. The van der Waals surface area contributed by atoms with E-state index in [1.807, 2.05) is 6.07 Å². The van der Waals surface area contributed by atoms with Crippen LogP contribution >= 0.6 is 0 Å². The van der Waals surface area contributed by atoms with Crippen LogP contribution in [0.4, 0.5) is 24.5 Å². The Morgan fingerprint density at radius 2 is 1.67 bits per heavy atom. The quantitative estimate of drug-likeness (QED) is 0.806. The number of benzene rings is 1. The van der Waals surface area contributed by atoms with Crippen molar-refractivity contribution >= 4 is 11.4 Å². The summed E-state index contributed by atoms with van der Waals surface area (Å²) in [5.41, 5.74) is 0.846. The lowest BCUT2D eigenvalue weighted by atomic mass is 10.2. The van der Waals surface area contributed by atoms with Crippen molar-refractivity contribution in [2.45, 2.75) is 6.18 Å². The lowest BCUT2D eigenvalue weighted by Crippen LogP contribution is -2.10. The number of nitrogens with zero attached hydrogens (tertiary/aromatic N) is 2. The average Bonchev–Trinajstić information content (AvgIpc) is 2.38. The highest BCUT2D eigenvalue weighted by Gasteiger charge is 2.30. The van der Waals surface area contributed by atoms with Gasteiger partial charge in [0.1, 0.15) is 0 Å². The van der Waals surface area contributed by atoms with E-state index >= 15 is 0 Å². The normalized spacial score (nSPS) is 11.3. The third-order valence-corrected chi connectivity index (χ3v) is 2.62. The number of pyridine rings is 1. The van der Waals surface area contributed by atoms with Gasteiger partial charge in [0, 0.05) is 18.9 Å². The molecule has 0 spiro atoms. The van der Waals surface area contributed by atoms with Crippen molar-refractivity contribution in [2.75, 3.05) is 11.9 Å². The Morgan fingerprint density at radius 3 is 2.17 bits per heavy atom. The van der Waals surface area contributed by atoms with Gasteiger partial charge in [-0.25, -0.2) is 0 Å². The van der Waals surface area contributed by atoms with Crippen LogP contribution in [0.15, 0.2) is 48.8 Å².